The summed E-state index contributed by atoms with van der Waals surface area (Å²) in [7, 11) is 2.46. The predicted octanol–water partition coefficient (Wildman–Crippen LogP) is 3.47. The average Bonchev–Trinajstić information content (AvgIpc) is 3.03. The number of rotatable bonds is 4. The Bertz CT molecular complexity index is 683. The van der Waals surface area contributed by atoms with Crippen molar-refractivity contribution in [3.8, 4) is 22.9 Å². The maximum atomic E-state index is 5.81. The molecule has 0 saturated carbocycles. The summed E-state index contributed by atoms with van der Waals surface area (Å²) in [5.74, 6) is 1.51. The number of ether oxygens (including phenoxy) is 1. The summed E-state index contributed by atoms with van der Waals surface area (Å²) in [6.07, 6.45) is 3.41. The van der Waals surface area contributed by atoms with Crippen LogP contribution in [-0.4, -0.2) is 15.2 Å². The van der Waals surface area contributed by atoms with E-state index in [0.29, 0.717) is 0 Å². The summed E-state index contributed by atoms with van der Waals surface area (Å²) in [5, 5.41) is 9.78. The maximum absolute atomic E-state index is 5.81. The second-order valence-corrected chi connectivity index (χ2v) is 4.41. The highest BCUT2D eigenvalue weighted by Gasteiger charge is 2.03. The minimum atomic E-state index is 0.733. The molecule has 0 aliphatic carbocycles. The molecule has 2 aromatic heterocycles. The Kier molecular flexibility index (Phi) is 3.61. The number of aromatic nitrogens is 3. The fraction of sp³-hybridized carbons (Fsp3) is 0. The lowest BCUT2D eigenvalue weighted by Gasteiger charge is -2.07. The molecular formula is C14H13N4OP. The van der Waals surface area contributed by atoms with Gasteiger partial charge in [-0.05, 0) is 45.8 Å². The van der Waals surface area contributed by atoms with E-state index in [1.165, 1.54) is 0 Å². The number of nitrogens with one attached hydrogen (secondary N) is 2. The number of benzene rings is 1. The molecule has 0 spiro atoms. The Hall–Kier alpha value is -2.39. The first-order valence-electron chi connectivity index (χ1n) is 6.05. The van der Waals surface area contributed by atoms with E-state index in [2.05, 4.69) is 29.7 Å². The van der Waals surface area contributed by atoms with Gasteiger partial charge in [0.05, 0.1) is 11.4 Å². The van der Waals surface area contributed by atoms with Crippen molar-refractivity contribution in [1.29, 1.82) is 0 Å². The van der Waals surface area contributed by atoms with Gasteiger partial charge in [0, 0.05) is 24.1 Å². The number of pyridine rings is 1. The van der Waals surface area contributed by atoms with Gasteiger partial charge in [-0.1, -0.05) is 0 Å². The molecule has 5 nitrogen and oxygen atoms in total. The highest BCUT2D eigenvalue weighted by atomic mass is 31.0. The smallest absolute Gasteiger partial charge is 0.131 e. The first-order valence-corrected chi connectivity index (χ1v) is 6.63. The fourth-order valence-corrected chi connectivity index (χ4v) is 1.97. The van der Waals surface area contributed by atoms with Crippen LogP contribution in [0.1, 0.15) is 0 Å². The molecule has 0 radical (unpaired) electrons. The van der Waals surface area contributed by atoms with E-state index < -0.39 is 0 Å². The Morgan fingerprint density at radius 1 is 1.00 bits per heavy atom. The van der Waals surface area contributed by atoms with Gasteiger partial charge in [-0.3, -0.25) is 10.1 Å². The Morgan fingerprint density at radius 3 is 2.55 bits per heavy atom. The monoisotopic (exact) mass is 284 g/mol. The van der Waals surface area contributed by atoms with Crippen molar-refractivity contribution in [2.45, 2.75) is 0 Å². The number of nitrogens with zero attached hydrogens (tertiary/aromatic N) is 2. The van der Waals surface area contributed by atoms with E-state index in [1.807, 2.05) is 42.5 Å². The zero-order valence-electron chi connectivity index (χ0n) is 10.6. The van der Waals surface area contributed by atoms with Crippen LogP contribution in [0.5, 0.6) is 11.5 Å². The van der Waals surface area contributed by atoms with Crippen LogP contribution in [-0.2, 0) is 0 Å². The molecule has 2 heterocycles. The zero-order chi connectivity index (χ0) is 13.8. The third-order valence-electron chi connectivity index (χ3n) is 2.76. The number of hydrogen-bond donors (Lipinski definition) is 2. The van der Waals surface area contributed by atoms with E-state index in [-0.39, 0.29) is 0 Å². The van der Waals surface area contributed by atoms with E-state index in [0.717, 1.165) is 28.6 Å². The molecule has 3 rings (SSSR count). The van der Waals surface area contributed by atoms with Gasteiger partial charge in [0.2, 0.25) is 0 Å². The molecule has 0 fully saturated rings. The topological polar surface area (TPSA) is 62.8 Å². The van der Waals surface area contributed by atoms with Gasteiger partial charge >= 0.3 is 0 Å². The minimum absolute atomic E-state index is 0.733. The molecule has 100 valence electrons. The van der Waals surface area contributed by atoms with E-state index >= 15 is 0 Å². The molecule has 0 bridgehead atoms. The molecule has 20 heavy (non-hydrogen) atoms. The van der Waals surface area contributed by atoms with Gasteiger partial charge < -0.3 is 9.82 Å². The van der Waals surface area contributed by atoms with Crippen molar-refractivity contribution in [2.75, 3.05) is 5.09 Å². The van der Waals surface area contributed by atoms with Crippen molar-refractivity contribution in [3.63, 3.8) is 0 Å². The molecule has 1 unspecified atom stereocenters. The van der Waals surface area contributed by atoms with Crippen LogP contribution >= 0.6 is 9.39 Å². The molecule has 3 aromatic rings. The Labute approximate surface area is 118 Å². The molecule has 2 N–H and O–H groups in total. The van der Waals surface area contributed by atoms with Gasteiger partial charge in [0.1, 0.15) is 11.5 Å². The van der Waals surface area contributed by atoms with Crippen LogP contribution in [0.2, 0.25) is 0 Å². The van der Waals surface area contributed by atoms with Crippen molar-refractivity contribution < 1.29 is 4.74 Å². The lowest BCUT2D eigenvalue weighted by molar-refractivity contribution is 0.482. The molecule has 0 aliphatic heterocycles. The van der Waals surface area contributed by atoms with Crippen LogP contribution in [0, 0.1) is 0 Å². The molecule has 6 heteroatoms. The molecular weight excluding hydrogens is 271 g/mol. The summed E-state index contributed by atoms with van der Waals surface area (Å²) >= 11 is 0. The number of anilines is 1. The quantitative estimate of drug-likeness (QED) is 0.720. The maximum Gasteiger partial charge on any atom is 0.131 e. The molecule has 1 aromatic carbocycles. The van der Waals surface area contributed by atoms with E-state index in [4.69, 9.17) is 4.74 Å². The van der Waals surface area contributed by atoms with Crippen LogP contribution in [0.4, 0.5) is 5.69 Å². The Balaban J connectivity index is 1.82. The molecule has 0 aliphatic rings. The number of aromatic amines is 1. The summed E-state index contributed by atoms with van der Waals surface area (Å²) in [4.78, 5) is 4.29. The van der Waals surface area contributed by atoms with Crippen LogP contribution in [0.15, 0.2) is 54.9 Å². The summed E-state index contributed by atoms with van der Waals surface area (Å²) in [6.45, 7) is 0. The highest BCUT2D eigenvalue weighted by Crippen LogP contribution is 2.25. The zero-order valence-corrected chi connectivity index (χ0v) is 11.7. The van der Waals surface area contributed by atoms with Gasteiger partial charge in [-0.25, -0.2) is 0 Å². The summed E-state index contributed by atoms with van der Waals surface area (Å²) in [5.41, 5.74) is 2.66. The van der Waals surface area contributed by atoms with Crippen molar-refractivity contribution in [1.82, 2.24) is 15.2 Å². The molecule has 0 amide bonds. The van der Waals surface area contributed by atoms with Gasteiger partial charge in [-0.15, -0.1) is 0 Å². The molecule has 0 saturated heterocycles. The number of hydrogen-bond acceptors (Lipinski definition) is 4. The second-order valence-electron chi connectivity index (χ2n) is 4.12. The van der Waals surface area contributed by atoms with E-state index in [1.54, 1.807) is 12.4 Å². The summed E-state index contributed by atoms with van der Waals surface area (Å²) in [6, 6.07) is 13.3. The molecule has 1 atom stereocenters. The van der Waals surface area contributed by atoms with Crippen LogP contribution in [0.25, 0.3) is 11.4 Å². The average molecular weight is 284 g/mol. The normalized spacial score (nSPS) is 10.2. The standard InChI is InChI=1S/C14H13N4OP/c20-18-10-1-3-11(4-2-10)19-12-5-7-15-14(9-12)13-6-8-16-17-13/h1-9,18H,20H2,(H,16,17). The second kappa shape index (κ2) is 5.72. The first kappa shape index (κ1) is 12.6. The van der Waals surface area contributed by atoms with Crippen LogP contribution in [0.3, 0.4) is 0 Å². The van der Waals surface area contributed by atoms with Gasteiger partial charge in [-0.2, -0.15) is 5.10 Å². The lowest BCUT2D eigenvalue weighted by atomic mass is 10.2. The van der Waals surface area contributed by atoms with Crippen molar-refractivity contribution in [2.24, 2.45) is 0 Å². The van der Waals surface area contributed by atoms with E-state index in [9.17, 15) is 0 Å². The van der Waals surface area contributed by atoms with Crippen LogP contribution < -0.4 is 9.82 Å². The minimum Gasteiger partial charge on any atom is -0.457 e. The Morgan fingerprint density at radius 2 is 1.85 bits per heavy atom. The third-order valence-corrected chi connectivity index (χ3v) is 3.10. The van der Waals surface area contributed by atoms with Crippen molar-refractivity contribution >= 4 is 15.1 Å². The highest BCUT2D eigenvalue weighted by molar-refractivity contribution is 7.18. The summed E-state index contributed by atoms with van der Waals surface area (Å²) < 4.78 is 5.81. The van der Waals surface area contributed by atoms with Gasteiger partial charge in [0.15, 0.2) is 0 Å². The van der Waals surface area contributed by atoms with Crippen molar-refractivity contribution in [3.05, 3.63) is 54.9 Å². The predicted molar refractivity (Wildman–Crippen MR) is 81.7 cm³/mol. The lowest BCUT2D eigenvalue weighted by Crippen LogP contribution is -1.88. The third kappa shape index (κ3) is 2.78. The number of H-pyrrole nitrogens is 1. The SMILES string of the molecule is PNc1ccc(Oc2ccnc(-c3ccn[nH]3)c2)cc1. The largest absolute Gasteiger partial charge is 0.457 e. The van der Waals surface area contributed by atoms with Gasteiger partial charge in [0.25, 0.3) is 0 Å². The fourth-order valence-electron chi connectivity index (χ4n) is 1.78. The first-order chi connectivity index (χ1) is 9.85.